The van der Waals surface area contributed by atoms with Crippen LogP contribution in [0.2, 0.25) is 0 Å². The Morgan fingerprint density at radius 2 is 2.00 bits per heavy atom. The van der Waals surface area contributed by atoms with Gasteiger partial charge in [0.1, 0.15) is 5.82 Å². The molecule has 0 bridgehead atoms. The maximum absolute atomic E-state index is 13.0. The standard InChI is InChI=1S/C17H26FN/c1-3-4-5-17(14-7-9-15(18)10-8-14)19-16-11-6-13(2)12-16/h7-10,13,16-17,19H,3-6,11-12H2,1-2H3. The fourth-order valence-electron chi connectivity index (χ4n) is 3.09. The molecular weight excluding hydrogens is 237 g/mol. The zero-order chi connectivity index (χ0) is 13.7. The summed E-state index contributed by atoms with van der Waals surface area (Å²) in [7, 11) is 0. The third-order valence-electron chi connectivity index (χ3n) is 4.25. The molecule has 1 saturated carbocycles. The van der Waals surface area contributed by atoms with E-state index in [1.165, 1.54) is 37.7 Å². The number of hydrogen-bond donors (Lipinski definition) is 1. The molecule has 0 heterocycles. The minimum Gasteiger partial charge on any atom is -0.307 e. The summed E-state index contributed by atoms with van der Waals surface area (Å²) >= 11 is 0. The van der Waals surface area contributed by atoms with Crippen LogP contribution in [0.1, 0.15) is 64.0 Å². The molecule has 1 aromatic carbocycles. The lowest BCUT2D eigenvalue weighted by atomic mass is 9.99. The molecule has 0 radical (unpaired) electrons. The summed E-state index contributed by atoms with van der Waals surface area (Å²) in [5.74, 6) is 0.699. The summed E-state index contributed by atoms with van der Waals surface area (Å²) < 4.78 is 13.0. The molecule has 19 heavy (non-hydrogen) atoms. The average Bonchev–Trinajstić information content (AvgIpc) is 2.81. The van der Waals surface area contributed by atoms with Crippen molar-refractivity contribution < 1.29 is 4.39 Å². The van der Waals surface area contributed by atoms with Gasteiger partial charge < -0.3 is 5.32 Å². The monoisotopic (exact) mass is 263 g/mol. The van der Waals surface area contributed by atoms with Crippen LogP contribution in [0.15, 0.2) is 24.3 Å². The first-order valence-electron chi connectivity index (χ1n) is 7.70. The van der Waals surface area contributed by atoms with E-state index in [1.54, 1.807) is 12.1 Å². The van der Waals surface area contributed by atoms with E-state index in [2.05, 4.69) is 19.2 Å². The first-order valence-corrected chi connectivity index (χ1v) is 7.70. The van der Waals surface area contributed by atoms with E-state index in [1.807, 2.05) is 12.1 Å². The Hall–Kier alpha value is -0.890. The van der Waals surface area contributed by atoms with E-state index >= 15 is 0 Å². The van der Waals surface area contributed by atoms with Crippen molar-refractivity contribution in [2.75, 3.05) is 0 Å². The largest absolute Gasteiger partial charge is 0.307 e. The minimum absolute atomic E-state index is 0.146. The summed E-state index contributed by atoms with van der Waals surface area (Å²) in [6.07, 6.45) is 7.47. The molecule has 1 N–H and O–H groups in total. The predicted octanol–water partition coefficient (Wildman–Crippen LogP) is 4.84. The van der Waals surface area contributed by atoms with Crippen molar-refractivity contribution in [3.8, 4) is 0 Å². The van der Waals surface area contributed by atoms with E-state index in [9.17, 15) is 4.39 Å². The molecule has 0 saturated heterocycles. The lowest BCUT2D eigenvalue weighted by molar-refractivity contribution is 0.403. The third kappa shape index (κ3) is 4.31. The van der Waals surface area contributed by atoms with E-state index in [4.69, 9.17) is 0 Å². The molecule has 1 aliphatic carbocycles. The number of nitrogens with one attached hydrogen (secondary N) is 1. The Kier molecular flexibility index (Phi) is 5.38. The molecule has 0 amide bonds. The first-order chi connectivity index (χ1) is 9.19. The van der Waals surface area contributed by atoms with Crippen LogP contribution >= 0.6 is 0 Å². The van der Waals surface area contributed by atoms with Crippen molar-refractivity contribution in [3.63, 3.8) is 0 Å². The van der Waals surface area contributed by atoms with Gasteiger partial charge in [-0.05, 0) is 49.3 Å². The van der Waals surface area contributed by atoms with Gasteiger partial charge in [0.05, 0.1) is 0 Å². The topological polar surface area (TPSA) is 12.0 Å². The summed E-state index contributed by atoms with van der Waals surface area (Å²) in [6.45, 7) is 4.56. The van der Waals surface area contributed by atoms with Crippen molar-refractivity contribution in [2.45, 2.75) is 64.5 Å². The van der Waals surface area contributed by atoms with E-state index in [0.29, 0.717) is 12.1 Å². The highest BCUT2D eigenvalue weighted by molar-refractivity contribution is 5.20. The van der Waals surface area contributed by atoms with E-state index in [0.717, 1.165) is 12.3 Å². The Bertz CT molecular complexity index is 373. The highest BCUT2D eigenvalue weighted by atomic mass is 19.1. The molecule has 0 aliphatic heterocycles. The van der Waals surface area contributed by atoms with Gasteiger partial charge in [-0.25, -0.2) is 4.39 Å². The van der Waals surface area contributed by atoms with Gasteiger partial charge in [-0.3, -0.25) is 0 Å². The Balaban J connectivity index is 2.00. The molecule has 1 nitrogen and oxygen atoms in total. The molecule has 3 atom stereocenters. The van der Waals surface area contributed by atoms with E-state index < -0.39 is 0 Å². The lowest BCUT2D eigenvalue weighted by Gasteiger charge is -2.23. The molecule has 0 spiro atoms. The number of rotatable bonds is 6. The molecule has 0 aromatic heterocycles. The van der Waals surface area contributed by atoms with Crippen molar-refractivity contribution in [1.82, 2.24) is 5.32 Å². The third-order valence-corrected chi connectivity index (χ3v) is 4.25. The average molecular weight is 263 g/mol. The SMILES string of the molecule is CCCCC(NC1CCC(C)C1)c1ccc(F)cc1. The fraction of sp³-hybridized carbons (Fsp3) is 0.647. The maximum atomic E-state index is 13.0. The maximum Gasteiger partial charge on any atom is 0.123 e. The van der Waals surface area contributed by atoms with Gasteiger partial charge in [-0.2, -0.15) is 0 Å². The van der Waals surface area contributed by atoms with E-state index in [-0.39, 0.29) is 5.82 Å². The number of hydrogen-bond acceptors (Lipinski definition) is 1. The van der Waals surface area contributed by atoms with Gasteiger partial charge in [0.2, 0.25) is 0 Å². The highest BCUT2D eigenvalue weighted by Crippen LogP contribution is 2.28. The first kappa shape index (κ1) is 14.5. The van der Waals surface area contributed by atoms with Crippen LogP contribution in [0, 0.1) is 11.7 Å². The summed E-state index contributed by atoms with van der Waals surface area (Å²) in [5.41, 5.74) is 1.23. The summed E-state index contributed by atoms with van der Waals surface area (Å²) in [5, 5.41) is 3.79. The zero-order valence-corrected chi connectivity index (χ0v) is 12.2. The molecule has 1 fully saturated rings. The molecule has 2 rings (SSSR count). The second-order valence-corrected chi connectivity index (χ2v) is 6.03. The highest BCUT2D eigenvalue weighted by Gasteiger charge is 2.24. The minimum atomic E-state index is -0.146. The van der Waals surface area contributed by atoms with Gasteiger partial charge >= 0.3 is 0 Å². The molecule has 106 valence electrons. The molecule has 2 heteroatoms. The van der Waals surface area contributed by atoms with Crippen LogP contribution in [0.3, 0.4) is 0 Å². The van der Waals surface area contributed by atoms with Gasteiger partial charge in [0.15, 0.2) is 0 Å². The quantitative estimate of drug-likeness (QED) is 0.774. The van der Waals surface area contributed by atoms with Gasteiger partial charge in [0.25, 0.3) is 0 Å². The lowest BCUT2D eigenvalue weighted by Crippen LogP contribution is -2.31. The molecular formula is C17H26FN. The smallest absolute Gasteiger partial charge is 0.123 e. The summed E-state index contributed by atoms with van der Waals surface area (Å²) in [4.78, 5) is 0. The van der Waals surface area contributed by atoms with Crippen LogP contribution in [0.5, 0.6) is 0 Å². The van der Waals surface area contributed by atoms with Crippen molar-refractivity contribution in [3.05, 3.63) is 35.6 Å². The number of halogens is 1. The van der Waals surface area contributed by atoms with Gasteiger partial charge in [-0.1, -0.05) is 38.8 Å². The second-order valence-electron chi connectivity index (χ2n) is 6.03. The molecule has 1 aliphatic rings. The summed E-state index contributed by atoms with van der Waals surface area (Å²) in [6, 6.07) is 8.04. The van der Waals surface area contributed by atoms with Crippen molar-refractivity contribution in [1.29, 1.82) is 0 Å². The molecule has 3 unspecified atom stereocenters. The molecule has 1 aromatic rings. The number of benzene rings is 1. The van der Waals surface area contributed by atoms with Crippen LogP contribution < -0.4 is 5.32 Å². The van der Waals surface area contributed by atoms with Gasteiger partial charge in [-0.15, -0.1) is 0 Å². The van der Waals surface area contributed by atoms with Crippen molar-refractivity contribution >= 4 is 0 Å². The normalized spacial score (nSPS) is 24.6. The fourth-order valence-corrected chi connectivity index (χ4v) is 3.09. The van der Waals surface area contributed by atoms with Crippen LogP contribution in [0.25, 0.3) is 0 Å². The second kappa shape index (κ2) is 7.04. The van der Waals surface area contributed by atoms with Gasteiger partial charge in [0, 0.05) is 12.1 Å². The Morgan fingerprint density at radius 1 is 1.26 bits per heavy atom. The predicted molar refractivity (Wildman–Crippen MR) is 78.6 cm³/mol. The number of unbranched alkanes of at least 4 members (excludes halogenated alkanes) is 1. The van der Waals surface area contributed by atoms with Crippen LogP contribution in [0.4, 0.5) is 4.39 Å². The van der Waals surface area contributed by atoms with Crippen molar-refractivity contribution in [2.24, 2.45) is 5.92 Å². The van der Waals surface area contributed by atoms with Crippen LogP contribution in [-0.4, -0.2) is 6.04 Å². The Morgan fingerprint density at radius 3 is 2.58 bits per heavy atom. The van der Waals surface area contributed by atoms with Crippen LogP contribution in [-0.2, 0) is 0 Å². The zero-order valence-electron chi connectivity index (χ0n) is 12.2. The Labute approximate surface area is 116 Å².